The standard InChI is InChI=1S/C15H17NO3S/c1-19-10-12-7-9-20-14(12)15(18)16-13-4-2-11(3-5-13)6-8-17/h2-5,7,9,17H,6,8,10H2,1H3,(H,16,18). The molecule has 0 saturated heterocycles. The van der Waals surface area contributed by atoms with E-state index in [4.69, 9.17) is 9.84 Å². The van der Waals surface area contributed by atoms with Crippen LogP contribution >= 0.6 is 11.3 Å². The van der Waals surface area contributed by atoms with Gasteiger partial charge in [-0.3, -0.25) is 4.79 Å². The van der Waals surface area contributed by atoms with Gasteiger partial charge < -0.3 is 15.2 Å². The molecule has 0 bridgehead atoms. The van der Waals surface area contributed by atoms with Gasteiger partial charge in [-0.05, 0) is 35.6 Å². The minimum absolute atomic E-state index is 0.123. The molecule has 0 radical (unpaired) electrons. The second-order valence-electron chi connectivity index (χ2n) is 4.33. The number of anilines is 1. The van der Waals surface area contributed by atoms with Crippen molar-refractivity contribution in [3.8, 4) is 0 Å². The number of amides is 1. The number of carbonyl (C=O) groups is 1. The van der Waals surface area contributed by atoms with E-state index in [1.807, 2.05) is 35.7 Å². The molecule has 1 aromatic heterocycles. The number of rotatable bonds is 6. The molecule has 20 heavy (non-hydrogen) atoms. The molecule has 0 fully saturated rings. The van der Waals surface area contributed by atoms with E-state index in [-0.39, 0.29) is 12.5 Å². The summed E-state index contributed by atoms with van der Waals surface area (Å²) in [5.74, 6) is -0.123. The van der Waals surface area contributed by atoms with Crippen LogP contribution in [-0.2, 0) is 17.8 Å². The molecule has 2 N–H and O–H groups in total. The Morgan fingerprint density at radius 3 is 2.70 bits per heavy atom. The lowest BCUT2D eigenvalue weighted by atomic mass is 10.1. The summed E-state index contributed by atoms with van der Waals surface area (Å²) in [6.45, 7) is 0.559. The largest absolute Gasteiger partial charge is 0.396 e. The number of ether oxygens (including phenoxy) is 1. The van der Waals surface area contributed by atoms with E-state index in [1.165, 1.54) is 11.3 Å². The van der Waals surface area contributed by atoms with Crippen LogP contribution in [0.25, 0.3) is 0 Å². The van der Waals surface area contributed by atoms with Crippen molar-refractivity contribution in [3.63, 3.8) is 0 Å². The normalized spacial score (nSPS) is 10.5. The molecule has 0 spiro atoms. The van der Waals surface area contributed by atoms with E-state index in [2.05, 4.69) is 5.32 Å². The number of nitrogens with one attached hydrogen (secondary N) is 1. The summed E-state index contributed by atoms with van der Waals surface area (Å²) in [5, 5.41) is 13.6. The average molecular weight is 291 g/mol. The zero-order chi connectivity index (χ0) is 14.4. The summed E-state index contributed by atoms with van der Waals surface area (Å²) < 4.78 is 5.07. The van der Waals surface area contributed by atoms with Crippen molar-refractivity contribution in [2.45, 2.75) is 13.0 Å². The first kappa shape index (κ1) is 14.7. The highest BCUT2D eigenvalue weighted by Crippen LogP contribution is 2.20. The molecule has 0 saturated carbocycles. The molecule has 0 aliphatic heterocycles. The van der Waals surface area contributed by atoms with Crippen LogP contribution in [0.15, 0.2) is 35.7 Å². The van der Waals surface area contributed by atoms with Crippen molar-refractivity contribution < 1.29 is 14.6 Å². The van der Waals surface area contributed by atoms with E-state index < -0.39 is 0 Å². The van der Waals surface area contributed by atoms with Crippen molar-refractivity contribution in [2.75, 3.05) is 19.0 Å². The lowest BCUT2D eigenvalue weighted by Crippen LogP contribution is -2.12. The van der Waals surface area contributed by atoms with Crippen LogP contribution < -0.4 is 5.32 Å². The van der Waals surface area contributed by atoms with Gasteiger partial charge in [-0.25, -0.2) is 0 Å². The third kappa shape index (κ3) is 3.66. The zero-order valence-corrected chi connectivity index (χ0v) is 12.1. The van der Waals surface area contributed by atoms with E-state index in [1.54, 1.807) is 7.11 Å². The van der Waals surface area contributed by atoms with E-state index in [0.717, 1.165) is 16.8 Å². The molecule has 1 heterocycles. The molecular weight excluding hydrogens is 274 g/mol. The first-order chi connectivity index (χ1) is 9.74. The number of aliphatic hydroxyl groups is 1. The van der Waals surface area contributed by atoms with Gasteiger partial charge >= 0.3 is 0 Å². The molecule has 0 aliphatic rings. The monoisotopic (exact) mass is 291 g/mol. The van der Waals surface area contributed by atoms with Gasteiger partial charge in [0.1, 0.15) is 0 Å². The highest BCUT2D eigenvalue weighted by Gasteiger charge is 2.13. The van der Waals surface area contributed by atoms with E-state index in [0.29, 0.717) is 17.9 Å². The molecule has 2 aromatic rings. The van der Waals surface area contributed by atoms with E-state index >= 15 is 0 Å². The molecule has 0 atom stereocenters. The highest BCUT2D eigenvalue weighted by molar-refractivity contribution is 7.12. The second kappa shape index (κ2) is 7.19. The summed E-state index contributed by atoms with van der Waals surface area (Å²) in [4.78, 5) is 12.9. The maximum atomic E-state index is 12.2. The minimum Gasteiger partial charge on any atom is -0.396 e. The predicted molar refractivity (Wildman–Crippen MR) is 80.2 cm³/mol. The summed E-state index contributed by atoms with van der Waals surface area (Å²) in [7, 11) is 1.61. The molecule has 0 unspecified atom stereocenters. The van der Waals surface area contributed by atoms with Gasteiger partial charge in [-0.15, -0.1) is 11.3 Å². The zero-order valence-electron chi connectivity index (χ0n) is 11.3. The van der Waals surface area contributed by atoms with Gasteiger partial charge in [0.25, 0.3) is 5.91 Å². The third-order valence-electron chi connectivity index (χ3n) is 2.87. The van der Waals surface area contributed by atoms with Gasteiger partial charge in [0.2, 0.25) is 0 Å². The maximum absolute atomic E-state index is 12.2. The Bertz CT molecular complexity index is 563. The molecule has 2 rings (SSSR count). The highest BCUT2D eigenvalue weighted by atomic mass is 32.1. The lowest BCUT2D eigenvalue weighted by Gasteiger charge is -2.07. The molecular formula is C15H17NO3S. The maximum Gasteiger partial charge on any atom is 0.266 e. The summed E-state index contributed by atoms with van der Waals surface area (Å²) in [6, 6.07) is 9.37. The van der Waals surface area contributed by atoms with Crippen LogP contribution in [-0.4, -0.2) is 24.7 Å². The number of benzene rings is 1. The van der Waals surface area contributed by atoms with Crippen molar-refractivity contribution in [1.29, 1.82) is 0 Å². The topological polar surface area (TPSA) is 58.6 Å². The number of hydrogen-bond acceptors (Lipinski definition) is 4. The Kier molecular flexibility index (Phi) is 5.29. The first-order valence-electron chi connectivity index (χ1n) is 6.31. The predicted octanol–water partition coefficient (Wildman–Crippen LogP) is 2.68. The van der Waals surface area contributed by atoms with Gasteiger partial charge in [0.15, 0.2) is 0 Å². The Labute approximate surface area is 122 Å². The molecule has 4 nitrogen and oxygen atoms in total. The van der Waals surface area contributed by atoms with Crippen molar-refractivity contribution in [1.82, 2.24) is 0 Å². The summed E-state index contributed by atoms with van der Waals surface area (Å²) in [6.07, 6.45) is 0.622. The molecule has 1 amide bonds. The quantitative estimate of drug-likeness (QED) is 0.860. The Balaban J connectivity index is 2.05. The first-order valence-corrected chi connectivity index (χ1v) is 7.19. The van der Waals surface area contributed by atoms with E-state index in [9.17, 15) is 4.79 Å². The molecule has 1 aromatic carbocycles. The second-order valence-corrected chi connectivity index (χ2v) is 5.25. The number of thiophene rings is 1. The van der Waals surface area contributed by atoms with Crippen LogP contribution in [0.2, 0.25) is 0 Å². The van der Waals surface area contributed by atoms with Crippen LogP contribution in [0.3, 0.4) is 0 Å². The van der Waals surface area contributed by atoms with Crippen molar-refractivity contribution in [2.24, 2.45) is 0 Å². The average Bonchev–Trinajstić information content (AvgIpc) is 2.90. The fourth-order valence-electron chi connectivity index (χ4n) is 1.88. The number of carbonyl (C=O) groups excluding carboxylic acids is 1. The Morgan fingerprint density at radius 2 is 2.05 bits per heavy atom. The van der Waals surface area contributed by atoms with Crippen LogP contribution in [0.1, 0.15) is 20.8 Å². The van der Waals surface area contributed by atoms with Crippen molar-refractivity contribution >= 4 is 22.9 Å². The summed E-state index contributed by atoms with van der Waals surface area (Å²) >= 11 is 1.40. The number of methoxy groups -OCH3 is 1. The number of aliphatic hydroxyl groups excluding tert-OH is 1. The van der Waals surface area contributed by atoms with Gasteiger partial charge in [0, 0.05) is 25.0 Å². The molecule has 5 heteroatoms. The van der Waals surface area contributed by atoms with Gasteiger partial charge in [-0.1, -0.05) is 12.1 Å². The van der Waals surface area contributed by atoms with Crippen molar-refractivity contribution in [3.05, 3.63) is 51.7 Å². The van der Waals surface area contributed by atoms with Crippen LogP contribution in [0.5, 0.6) is 0 Å². The number of hydrogen-bond donors (Lipinski definition) is 2. The van der Waals surface area contributed by atoms with Crippen LogP contribution in [0, 0.1) is 0 Å². The molecule has 0 aliphatic carbocycles. The summed E-state index contributed by atoms with van der Waals surface area (Å²) in [5.41, 5.74) is 2.68. The van der Waals surface area contributed by atoms with Gasteiger partial charge in [-0.2, -0.15) is 0 Å². The fraction of sp³-hybridized carbons (Fsp3) is 0.267. The van der Waals surface area contributed by atoms with Crippen LogP contribution in [0.4, 0.5) is 5.69 Å². The molecule has 106 valence electrons. The lowest BCUT2D eigenvalue weighted by molar-refractivity contribution is 0.102. The Morgan fingerprint density at radius 1 is 1.30 bits per heavy atom. The Hall–Kier alpha value is -1.69. The minimum atomic E-state index is -0.123. The van der Waals surface area contributed by atoms with Gasteiger partial charge in [0.05, 0.1) is 11.5 Å². The smallest absolute Gasteiger partial charge is 0.266 e. The SMILES string of the molecule is COCc1ccsc1C(=O)Nc1ccc(CCO)cc1. The fourth-order valence-corrected chi connectivity index (χ4v) is 2.68. The third-order valence-corrected chi connectivity index (χ3v) is 3.82.